The average Bonchev–Trinajstić information content (AvgIpc) is 3.21. The van der Waals surface area contributed by atoms with Crippen molar-refractivity contribution in [2.24, 2.45) is 7.05 Å². The van der Waals surface area contributed by atoms with Crippen LogP contribution in [0, 0.1) is 6.92 Å². The number of sulfonamides is 1. The SMILES string of the molecule is Cc1nc([C@@H]2CCCCN2S(=O)(=O)c2cnn(C)c2)ncc1C(=O)N1CCCCC1. The van der Waals surface area contributed by atoms with Gasteiger partial charge in [-0.05, 0) is 39.0 Å². The predicted octanol–water partition coefficient (Wildman–Crippen LogP) is 2.06. The van der Waals surface area contributed by atoms with E-state index in [0.717, 1.165) is 45.2 Å². The van der Waals surface area contributed by atoms with E-state index in [4.69, 9.17) is 0 Å². The fourth-order valence-electron chi connectivity index (χ4n) is 4.24. The van der Waals surface area contributed by atoms with Crippen LogP contribution in [0.3, 0.4) is 0 Å². The molecule has 2 aliphatic heterocycles. The van der Waals surface area contributed by atoms with Gasteiger partial charge in [-0.15, -0.1) is 0 Å². The molecular formula is C20H28N6O3S. The number of hydrogen-bond acceptors (Lipinski definition) is 6. The fraction of sp³-hybridized carbons (Fsp3) is 0.600. The van der Waals surface area contributed by atoms with Crippen molar-refractivity contribution in [2.75, 3.05) is 19.6 Å². The van der Waals surface area contributed by atoms with Crippen molar-refractivity contribution >= 4 is 15.9 Å². The quantitative estimate of drug-likeness (QED) is 0.733. The Morgan fingerprint density at radius 1 is 1.07 bits per heavy atom. The zero-order valence-corrected chi connectivity index (χ0v) is 18.3. The molecule has 10 heteroatoms. The lowest BCUT2D eigenvalue weighted by Crippen LogP contribution is -2.39. The number of carbonyl (C=O) groups is 1. The van der Waals surface area contributed by atoms with E-state index in [0.29, 0.717) is 30.0 Å². The molecule has 0 aliphatic carbocycles. The average molecular weight is 433 g/mol. The van der Waals surface area contributed by atoms with Crippen molar-refractivity contribution in [2.45, 2.75) is 56.4 Å². The molecule has 1 atom stereocenters. The van der Waals surface area contributed by atoms with Gasteiger partial charge in [0.1, 0.15) is 10.7 Å². The first-order valence-electron chi connectivity index (χ1n) is 10.5. The van der Waals surface area contributed by atoms with Gasteiger partial charge in [-0.3, -0.25) is 9.48 Å². The third kappa shape index (κ3) is 3.98. The maximum Gasteiger partial charge on any atom is 0.257 e. The standard InChI is InChI=1S/C20H28N6O3S/c1-15-17(20(27)25-9-5-3-6-10-25)13-21-19(23-15)18-8-4-7-11-26(18)30(28,29)16-12-22-24(2)14-16/h12-14,18H,3-11H2,1-2H3/t18-/m0/s1. The summed E-state index contributed by atoms with van der Waals surface area (Å²) in [4.78, 5) is 23.9. The highest BCUT2D eigenvalue weighted by atomic mass is 32.2. The highest BCUT2D eigenvalue weighted by molar-refractivity contribution is 7.89. The van der Waals surface area contributed by atoms with Gasteiger partial charge in [-0.25, -0.2) is 18.4 Å². The smallest absolute Gasteiger partial charge is 0.257 e. The molecule has 9 nitrogen and oxygen atoms in total. The van der Waals surface area contributed by atoms with Crippen molar-refractivity contribution in [3.63, 3.8) is 0 Å². The Labute approximate surface area is 177 Å². The Balaban J connectivity index is 1.61. The summed E-state index contributed by atoms with van der Waals surface area (Å²) in [6.07, 6.45) is 9.99. The van der Waals surface area contributed by atoms with Crippen LogP contribution in [0.2, 0.25) is 0 Å². The lowest BCUT2D eigenvalue weighted by molar-refractivity contribution is 0.0722. The number of nitrogens with zero attached hydrogens (tertiary/aromatic N) is 6. The minimum Gasteiger partial charge on any atom is -0.339 e. The van der Waals surface area contributed by atoms with Gasteiger partial charge < -0.3 is 4.90 Å². The van der Waals surface area contributed by atoms with Crippen LogP contribution in [0.15, 0.2) is 23.5 Å². The van der Waals surface area contributed by atoms with E-state index in [9.17, 15) is 13.2 Å². The van der Waals surface area contributed by atoms with Gasteiger partial charge in [0.15, 0.2) is 0 Å². The summed E-state index contributed by atoms with van der Waals surface area (Å²) in [5.41, 5.74) is 1.10. The van der Waals surface area contributed by atoms with E-state index < -0.39 is 16.1 Å². The third-order valence-corrected chi connectivity index (χ3v) is 7.77. The van der Waals surface area contributed by atoms with Crippen molar-refractivity contribution < 1.29 is 13.2 Å². The molecule has 30 heavy (non-hydrogen) atoms. The van der Waals surface area contributed by atoms with Crippen molar-refractivity contribution in [1.82, 2.24) is 29.0 Å². The normalized spacial score (nSPS) is 21.0. The molecule has 0 radical (unpaired) electrons. The molecule has 0 unspecified atom stereocenters. The zero-order chi connectivity index (χ0) is 21.3. The van der Waals surface area contributed by atoms with Crippen LogP contribution in [0.25, 0.3) is 0 Å². The summed E-state index contributed by atoms with van der Waals surface area (Å²) >= 11 is 0. The number of hydrogen-bond donors (Lipinski definition) is 0. The van der Waals surface area contributed by atoms with Crippen molar-refractivity contribution in [1.29, 1.82) is 0 Å². The highest BCUT2D eigenvalue weighted by Gasteiger charge is 2.37. The lowest BCUT2D eigenvalue weighted by Gasteiger charge is -2.33. The zero-order valence-electron chi connectivity index (χ0n) is 17.5. The van der Waals surface area contributed by atoms with Gasteiger partial charge in [0.25, 0.3) is 5.91 Å². The maximum atomic E-state index is 13.2. The summed E-state index contributed by atoms with van der Waals surface area (Å²) < 4.78 is 29.4. The third-order valence-electron chi connectivity index (χ3n) is 5.91. The second-order valence-electron chi connectivity index (χ2n) is 8.06. The summed E-state index contributed by atoms with van der Waals surface area (Å²) in [5, 5.41) is 4.00. The van der Waals surface area contributed by atoms with Crippen LogP contribution in [0.4, 0.5) is 0 Å². The van der Waals surface area contributed by atoms with Crippen LogP contribution >= 0.6 is 0 Å². The molecule has 4 heterocycles. The Bertz CT molecular complexity index is 1030. The molecule has 2 aliphatic rings. The highest BCUT2D eigenvalue weighted by Crippen LogP contribution is 2.34. The molecule has 0 N–H and O–H groups in total. The number of amides is 1. The number of rotatable bonds is 4. The largest absolute Gasteiger partial charge is 0.339 e. The fourth-order valence-corrected chi connectivity index (χ4v) is 5.88. The number of carbonyl (C=O) groups excluding carboxylic acids is 1. The molecule has 0 aromatic carbocycles. The van der Waals surface area contributed by atoms with E-state index in [2.05, 4.69) is 15.1 Å². The van der Waals surface area contributed by atoms with Gasteiger partial charge in [-0.2, -0.15) is 9.40 Å². The number of likely N-dealkylation sites (tertiary alicyclic amines) is 1. The van der Waals surface area contributed by atoms with Crippen molar-refractivity contribution in [3.05, 3.63) is 35.7 Å². The van der Waals surface area contributed by atoms with E-state index in [1.165, 1.54) is 21.4 Å². The maximum absolute atomic E-state index is 13.2. The number of piperidine rings is 2. The van der Waals surface area contributed by atoms with E-state index >= 15 is 0 Å². The molecule has 2 fully saturated rings. The monoisotopic (exact) mass is 432 g/mol. The Morgan fingerprint density at radius 2 is 1.80 bits per heavy atom. The molecule has 2 saturated heterocycles. The van der Waals surface area contributed by atoms with Crippen LogP contribution in [-0.4, -0.2) is 62.9 Å². The molecule has 0 saturated carbocycles. The van der Waals surface area contributed by atoms with Crippen LogP contribution in [0.1, 0.15) is 66.4 Å². The van der Waals surface area contributed by atoms with Gasteiger partial charge in [0.2, 0.25) is 10.0 Å². The first kappa shape index (κ1) is 20.9. The lowest BCUT2D eigenvalue weighted by atomic mass is 10.0. The van der Waals surface area contributed by atoms with E-state index in [1.807, 2.05) is 4.90 Å². The van der Waals surface area contributed by atoms with E-state index in [1.54, 1.807) is 20.2 Å². The molecule has 4 rings (SSSR count). The molecule has 0 bridgehead atoms. The molecule has 162 valence electrons. The summed E-state index contributed by atoms with van der Waals surface area (Å²) in [7, 11) is -2.01. The Kier molecular flexibility index (Phi) is 5.88. The second-order valence-corrected chi connectivity index (χ2v) is 9.95. The Hall–Kier alpha value is -2.33. The first-order valence-corrected chi connectivity index (χ1v) is 12.0. The topological polar surface area (TPSA) is 101 Å². The van der Waals surface area contributed by atoms with Crippen LogP contribution in [-0.2, 0) is 17.1 Å². The number of aromatic nitrogens is 4. The van der Waals surface area contributed by atoms with Crippen LogP contribution < -0.4 is 0 Å². The second kappa shape index (κ2) is 8.43. The van der Waals surface area contributed by atoms with E-state index in [-0.39, 0.29) is 10.8 Å². The minimum atomic E-state index is -3.70. The minimum absolute atomic E-state index is 0.0396. The molecule has 1 amide bonds. The predicted molar refractivity (Wildman–Crippen MR) is 110 cm³/mol. The summed E-state index contributed by atoms with van der Waals surface area (Å²) in [6, 6.07) is -0.443. The van der Waals surface area contributed by atoms with Gasteiger partial charge in [-0.1, -0.05) is 6.42 Å². The van der Waals surface area contributed by atoms with Gasteiger partial charge >= 0.3 is 0 Å². The van der Waals surface area contributed by atoms with Gasteiger partial charge in [0, 0.05) is 39.1 Å². The molecule has 2 aromatic rings. The summed E-state index contributed by atoms with van der Waals surface area (Å²) in [6.45, 7) is 3.74. The first-order chi connectivity index (χ1) is 14.4. The van der Waals surface area contributed by atoms with Crippen LogP contribution in [0.5, 0.6) is 0 Å². The molecule has 2 aromatic heterocycles. The Morgan fingerprint density at radius 3 is 2.47 bits per heavy atom. The molecular weight excluding hydrogens is 404 g/mol. The summed E-state index contributed by atoms with van der Waals surface area (Å²) in [5.74, 6) is 0.414. The van der Waals surface area contributed by atoms with Crippen molar-refractivity contribution in [3.8, 4) is 0 Å². The number of aryl methyl sites for hydroxylation is 2. The van der Waals surface area contributed by atoms with Gasteiger partial charge in [0.05, 0.1) is 23.5 Å². The molecule has 0 spiro atoms.